The number of quaternary nitrogens is 1. The molecule has 0 rings (SSSR count). The Hall–Kier alpha value is 0.01000. The number of hydroxylamine groups is 3. The lowest BCUT2D eigenvalue weighted by molar-refractivity contribution is -1.37. The van der Waals surface area contributed by atoms with E-state index in [1.165, 1.54) is 0 Å². The summed E-state index contributed by atoms with van der Waals surface area (Å²) in [6.07, 6.45) is 0. The summed E-state index contributed by atoms with van der Waals surface area (Å²) >= 11 is 0. The molecule has 0 amide bonds. The van der Waals surface area contributed by atoms with Gasteiger partial charge < -0.3 is 27.7 Å². The topological polar surface area (TPSA) is 88.4 Å². The van der Waals surface area contributed by atoms with Crippen LogP contribution < -0.4 is 12.4 Å². The normalized spacial score (nSPS) is 11.2. The quantitative estimate of drug-likeness (QED) is 0.272. The molecule has 0 fully saturated rings. The van der Waals surface area contributed by atoms with Crippen LogP contribution in [0.3, 0.4) is 0 Å². The van der Waals surface area contributed by atoms with E-state index in [-0.39, 0.29) is 52.0 Å². The number of halogens is 1. The molecular formula is C8H20ClNO6. The van der Waals surface area contributed by atoms with E-state index in [9.17, 15) is 0 Å². The zero-order valence-corrected chi connectivity index (χ0v) is 10.1. The van der Waals surface area contributed by atoms with Gasteiger partial charge in [0.1, 0.15) is 19.8 Å². The van der Waals surface area contributed by atoms with E-state index >= 15 is 0 Å². The van der Waals surface area contributed by atoms with Gasteiger partial charge in [0.2, 0.25) is 0 Å². The Bertz CT molecular complexity index is 129. The Labute approximate surface area is 101 Å². The lowest BCUT2D eigenvalue weighted by atomic mass is 10.7. The number of aliphatic hydroxyl groups excluding tert-OH is 3. The van der Waals surface area contributed by atoms with E-state index in [0.29, 0.717) is 6.54 Å². The zero-order valence-electron chi connectivity index (χ0n) is 9.34. The predicted octanol–water partition coefficient (Wildman–Crippen LogP) is -4.40. The highest BCUT2D eigenvalue weighted by Gasteiger charge is 2.32. The average molecular weight is 262 g/mol. The maximum Gasteiger partial charge on any atom is 0.175 e. The van der Waals surface area contributed by atoms with Crippen molar-refractivity contribution in [3.05, 3.63) is 0 Å². The summed E-state index contributed by atoms with van der Waals surface area (Å²) in [4.78, 5) is 14.9. The Morgan fingerprint density at radius 3 is 1.31 bits per heavy atom. The van der Waals surface area contributed by atoms with Crippen molar-refractivity contribution in [3.8, 4) is 0 Å². The molecule has 0 aliphatic heterocycles. The van der Waals surface area contributed by atoms with Gasteiger partial charge in [-0.2, -0.15) is 0 Å². The highest BCUT2D eigenvalue weighted by molar-refractivity contribution is 4.17. The molecule has 0 radical (unpaired) electrons. The predicted molar refractivity (Wildman–Crippen MR) is 49.9 cm³/mol. The molecule has 0 bridgehead atoms. The molecule has 0 spiro atoms. The van der Waals surface area contributed by atoms with Gasteiger partial charge in [0.25, 0.3) is 0 Å². The first-order chi connectivity index (χ1) is 7.24. The van der Waals surface area contributed by atoms with Crippen LogP contribution in [0.25, 0.3) is 0 Å². The highest BCUT2D eigenvalue weighted by atomic mass is 35.5. The van der Waals surface area contributed by atoms with Crippen LogP contribution in [-0.2, 0) is 14.5 Å². The Morgan fingerprint density at radius 1 is 0.812 bits per heavy atom. The van der Waals surface area contributed by atoms with Gasteiger partial charge in [-0.05, 0) is 6.92 Å². The van der Waals surface area contributed by atoms with Crippen molar-refractivity contribution in [2.45, 2.75) is 6.92 Å². The van der Waals surface area contributed by atoms with Crippen LogP contribution in [0.4, 0.5) is 0 Å². The lowest BCUT2D eigenvalue weighted by Gasteiger charge is -2.27. The number of aliphatic hydroxyl groups is 3. The smallest absolute Gasteiger partial charge is 0.175 e. The van der Waals surface area contributed by atoms with Crippen molar-refractivity contribution in [2.75, 3.05) is 46.2 Å². The summed E-state index contributed by atoms with van der Waals surface area (Å²) in [6.45, 7) is 1.74. The molecule has 100 valence electrons. The average Bonchev–Trinajstić information content (AvgIpc) is 2.29. The fraction of sp³-hybridized carbons (Fsp3) is 1.00. The van der Waals surface area contributed by atoms with Gasteiger partial charge in [-0.3, -0.25) is 0 Å². The fourth-order valence-corrected chi connectivity index (χ4v) is 0.925. The third-order valence-electron chi connectivity index (χ3n) is 1.53. The molecule has 0 unspecified atom stereocenters. The standard InChI is InChI=1S/C8H20NO6.ClH/c1-2-9(13-6-3-10,14-7-4-11)15-8-5-12;/h10-12H,2-8H2,1H3;1H/q+1;/p-1. The van der Waals surface area contributed by atoms with Crippen LogP contribution in [0.1, 0.15) is 6.92 Å². The van der Waals surface area contributed by atoms with E-state index < -0.39 is 4.97 Å². The van der Waals surface area contributed by atoms with Gasteiger partial charge in [0, 0.05) is 0 Å². The maximum atomic E-state index is 8.63. The van der Waals surface area contributed by atoms with Gasteiger partial charge >= 0.3 is 0 Å². The largest absolute Gasteiger partial charge is 1.00 e. The van der Waals surface area contributed by atoms with Crippen LogP contribution in [0.5, 0.6) is 0 Å². The van der Waals surface area contributed by atoms with Crippen LogP contribution in [-0.4, -0.2) is 66.5 Å². The molecule has 0 aromatic heterocycles. The van der Waals surface area contributed by atoms with Crippen molar-refractivity contribution in [1.82, 2.24) is 0 Å². The number of rotatable bonds is 10. The van der Waals surface area contributed by atoms with E-state index in [1.807, 2.05) is 0 Å². The lowest BCUT2D eigenvalue weighted by Crippen LogP contribution is -3.00. The SMILES string of the molecule is CC[N+](OCCO)(OCCO)OCCO.[Cl-]. The summed E-state index contributed by atoms with van der Waals surface area (Å²) in [6, 6.07) is 0. The first-order valence-corrected chi connectivity index (χ1v) is 4.89. The van der Waals surface area contributed by atoms with Crippen molar-refractivity contribution >= 4 is 0 Å². The molecule has 8 heteroatoms. The van der Waals surface area contributed by atoms with E-state index in [4.69, 9.17) is 29.8 Å². The van der Waals surface area contributed by atoms with Crippen LogP contribution in [0.2, 0.25) is 0 Å². The molecule has 7 nitrogen and oxygen atoms in total. The van der Waals surface area contributed by atoms with Crippen LogP contribution in [0.15, 0.2) is 0 Å². The molecule has 0 aromatic carbocycles. The third kappa shape index (κ3) is 7.31. The Morgan fingerprint density at radius 2 is 1.12 bits per heavy atom. The van der Waals surface area contributed by atoms with Crippen molar-refractivity contribution in [3.63, 3.8) is 0 Å². The summed E-state index contributed by atoms with van der Waals surface area (Å²) in [5.74, 6) is 0. The monoisotopic (exact) mass is 261 g/mol. The van der Waals surface area contributed by atoms with E-state index in [2.05, 4.69) is 0 Å². The highest BCUT2D eigenvalue weighted by Crippen LogP contribution is 2.10. The van der Waals surface area contributed by atoms with Crippen molar-refractivity contribution in [2.24, 2.45) is 0 Å². The second kappa shape index (κ2) is 11.5. The summed E-state index contributed by atoms with van der Waals surface area (Å²) < 4.78 is 0. The maximum absolute atomic E-state index is 8.63. The molecule has 0 atom stereocenters. The van der Waals surface area contributed by atoms with Gasteiger partial charge in [0.15, 0.2) is 6.54 Å². The first kappa shape index (κ1) is 18.4. The number of nitrogens with zero attached hydrogens (tertiary/aromatic N) is 1. The molecule has 3 N–H and O–H groups in total. The molecule has 0 saturated carbocycles. The van der Waals surface area contributed by atoms with Crippen LogP contribution >= 0.6 is 0 Å². The molecular weight excluding hydrogens is 242 g/mol. The first-order valence-electron chi connectivity index (χ1n) is 4.89. The second-order valence-electron chi connectivity index (χ2n) is 2.60. The summed E-state index contributed by atoms with van der Waals surface area (Å²) in [7, 11) is 0. The Kier molecular flexibility index (Phi) is 13.2. The van der Waals surface area contributed by atoms with Crippen LogP contribution in [0, 0.1) is 0 Å². The van der Waals surface area contributed by atoms with Crippen molar-refractivity contribution in [1.29, 1.82) is 0 Å². The molecule has 0 saturated heterocycles. The number of hydrogen-bond donors (Lipinski definition) is 3. The molecule has 0 aliphatic rings. The summed E-state index contributed by atoms with van der Waals surface area (Å²) in [5.41, 5.74) is 0. The van der Waals surface area contributed by atoms with Gasteiger partial charge in [-0.15, -0.1) is 14.5 Å². The molecule has 0 aliphatic carbocycles. The van der Waals surface area contributed by atoms with Gasteiger partial charge in [-0.1, -0.05) is 0 Å². The van der Waals surface area contributed by atoms with Crippen molar-refractivity contribution < 1.29 is 47.2 Å². The molecule has 16 heavy (non-hydrogen) atoms. The molecule has 0 heterocycles. The Balaban J connectivity index is 0. The molecule has 0 aromatic rings. The minimum atomic E-state index is -0.596. The third-order valence-corrected chi connectivity index (χ3v) is 1.53. The fourth-order valence-electron chi connectivity index (χ4n) is 0.925. The zero-order chi connectivity index (χ0) is 11.6. The second-order valence-corrected chi connectivity index (χ2v) is 2.60. The van der Waals surface area contributed by atoms with E-state index in [0.717, 1.165) is 0 Å². The minimum Gasteiger partial charge on any atom is -1.00 e. The van der Waals surface area contributed by atoms with Gasteiger partial charge in [0.05, 0.1) is 24.8 Å². The minimum absolute atomic E-state index is 0. The number of hydrogen-bond acceptors (Lipinski definition) is 6. The van der Waals surface area contributed by atoms with Gasteiger partial charge in [-0.25, -0.2) is 0 Å². The van der Waals surface area contributed by atoms with E-state index in [1.54, 1.807) is 6.92 Å². The summed E-state index contributed by atoms with van der Waals surface area (Å²) in [5, 5.41) is 25.9.